The Morgan fingerprint density at radius 3 is 2.59 bits per heavy atom. The van der Waals surface area contributed by atoms with Gasteiger partial charge in [0.05, 0.1) is 11.9 Å². The molecule has 4 heteroatoms. The van der Waals surface area contributed by atoms with E-state index >= 15 is 0 Å². The summed E-state index contributed by atoms with van der Waals surface area (Å²) in [5.41, 5.74) is 4.47. The first-order valence-corrected chi connectivity index (χ1v) is 5.28. The maximum Gasteiger partial charge on any atom is 0.170 e. The molecule has 0 aliphatic carbocycles. The number of rotatable bonds is 3. The largest absolute Gasteiger partial charge is 0.507 e. The lowest BCUT2D eigenvalue weighted by molar-refractivity contribution is -0.671. The minimum Gasteiger partial charge on any atom is -0.507 e. The van der Waals surface area contributed by atoms with Crippen LogP contribution in [0.2, 0.25) is 0 Å². The highest BCUT2D eigenvalue weighted by Gasteiger charge is 1.95. The summed E-state index contributed by atoms with van der Waals surface area (Å²) in [5, 5.41) is 13.6. The number of benzene rings is 1. The van der Waals surface area contributed by atoms with Crippen LogP contribution in [0.4, 0.5) is 5.69 Å². The molecule has 2 aromatic rings. The quantitative estimate of drug-likeness (QED) is 0.477. The maximum atomic E-state index is 9.52. The summed E-state index contributed by atoms with van der Waals surface area (Å²) in [5.74, 6) is 0.220. The van der Waals surface area contributed by atoms with Crippen LogP contribution < -0.4 is 9.99 Å². The van der Waals surface area contributed by atoms with Gasteiger partial charge < -0.3 is 5.11 Å². The Bertz CT molecular complexity index is 520. The highest BCUT2D eigenvalue weighted by atomic mass is 16.3. The highest BCUT2D eigenvalue weighted by molar-refractivity contribution is 5.83. The number of nitrogens with zero attached hydrogens (tertiary/aromatic N) is 2. The second-order valence-electron chi connectivity index (χ2n) is 3.68. The molecule has 4 nitrogen and oxygen atoms in total. The van der Waals surface area contributed by atoms with Gasteiger partial charge in [-0.3, -0.25) is 5.43 Å². The predicted octanol–water partition coefficient (Wildman–Crippen LogP) is 1.66. The molecule has 2 rings (SSSR count). The number of aryl methyl sites for hydroxylation is 1. The molecule has 0 aliphatic rings. The van der Waals surface area contributed by atoms with E-state index < -0.39 is 0 Å². The molecule has 0 spiro atoms. The Morgan fingerprint density at radius 1 is 1.18 bits per heavy atom. The smallest absolute Gasteiger partial charge is 0.170 e. The van der Waals surface area contributed by atoms with Gasteiger partial charge in [0.2, 0.25) is 0 Å². The first kappa shape index (κ1) is 11.1. The molecule has 0 saturated carbocycles. The van der Waals surface area contributed by atoms with Crippen molar-refractivity contribution in [2.45, 2.75) is 0 Å². The third-order valence-corrected chi connectivity index (χ3v) is 2.31. The summed E-state index contributed by atoms with van der Waals surface area (Å²) >= 11 is 0. The molecule has 0 saturated heterocycles. The average molecular weight is 228 g/mol. The van der Waals surface area contributed by atoms with Crippen molar-refractivity contribution in [1.29, 1.82) is 0 Å². The number of hydrazone groups is 1. The van der Waals surface area contributed by atoms with Gasteiger partial charge in [-0.05, 0) is 12.1 Å². The number of aromatic nitrogens is 1. The van der Waals surface area contributed by atoms with E-state index in [1.165, 1.54) is 0 Å². The fourth-order valence-corrected chi connectivity index (χ4v) is 1.35. The zero-order valence-electron chi connectivity index (χ0n) is 9.54. The summed E-state index contributed by atoms with van der Waals surface area (Å²) in [7, 11) is 1.95. The molecule has 17 heavy (non-hydrogen) atoms. The van der Waals surface area contributed by atoms with Gasteiger partial charge in [0, 0.05) is 17.7 Å². The standard InChI is InChI=1S/C13H13N3O/c1-16-8-6-12(7-9-16)15-14-10-11-4-2-3-5-13(11)17/h2-10H,1H3,(H,14,17)/p+1. The molecule has 0 aliphatic heterocycles. The molecule has 2 N–H and O–H groups in total. The fourth-order valence-electron chi connectivity index (χ4n) is 1.35. The number of hydrogen-bond acceptors (Lipinski definition) is 3. The van der Waals surface area contributed by atoms with Gasteiger partial charge in [0.25, 0.3) is 0 Å². The second-order valence-corrected chi connectivity index (χ2v) is 3.68. The summed E-state index contributed by atoms with van der Waals surface area (Å²) in [6.07, 6.45) is 5.44. The SMILES string of the molecule is C[n+]1ccc(N/N=C/c2ccccc2O)cc1. The molecule has 1 aromatic carbocycles. The van der Waals surface area contributed by atoms with E-state index in [0.717, 1.165) is 5.69 Å². The van der Waals surface area contributed by atoms with E-state index in [1.807, 2.05) is 42.2 Å². The van der Waals surface area contributed by atoms with Gasteiger partial charge >= 0.3 is 0 Å². The maximum absolute atomic E-state index is 9.52. The van der Waals surface area contributed by atoms with Crippen LogP contribution in [0.1, 0.15) is 5.56 Å². The minimum absolute atomic E-state index is 0.220. The average Bonchev–Trinajstić information content (AvgIpc) is 2.34. The molecule has 1 aromatic heterocycles. The van der Waals surface area contributed by atoms with Crippen LogP contribution in [0.5, 0.6) is 5.75 Å². The number of anilines is 1. The van der Waals surface area contributed by atoms with Gasteiger partial charge in [-0.1, -0.05) is 12.1 Å². The lowest BCUT2D eigenvalue weighted by Gasteiger charge is -1.99. The molecular weight excluding hydrogens is 214 g/mol. The molecule has 86 valence electrons. The topological polar surface area (TPSA) is 48.5 Å². The van der Waals surface area contributed by atoms with Crippen molar-refractivity contribution in [1.82, 2.24) is 0 Å². The molecule has 0 bridgehead atoms. The van der Waals surface area contributed by atoms with E-state index in [9.17, 15) is 5.11 Å². The van der Waals surface area contributed by atoms with Gasteiger partial charge in [-0.25, -0.2) is 4.57 Å². The van der Waals surface area contributed by atoms with E-state index in [2.05, 4.69) is 10.5 Å². The number of pyridine rings is 1. The Hall–Kier alpha value is -2.36. The Labute approximate surface area is 99.9 Å². The van der Waals surface area contributed by atoms with Crippen molar-refractivity contribution in [3.05, 3.63) is 54.4 Å². The van der Waals surface area contributed by atoms with E-state index in [4.69, 9.17) is 0 Å². The minimum atomic E-state index is 0.220. The number of nitrogens with one attached hydrogen (secondary N) is 1. The van der Waals surface area contributed by atoms with Crippen molar-refractivity contribution in [3.8, 4) is 5.75 Å². The molecule has 0 unspecified atom stereocenters. The summed E-state index contributed by atoms with van der Waals surface area (Å²) in [6, 6.07) is 10.9. The zero-order chi connectivity index (χ0) is 12.1. The van der Waals surface area contributed by atoms with Crippen LogP contribution in [0, 0.1) is 0 Å². The summed E-state index contributed by atoms with van der Waals surface area (Å²) in [6.45, 7) is 0. The second kappa shape index (κ2) is 5.12. The van der Waals surface area contributed by atoms with E-state index in [0.29, 0.717) is 5.56 Å². The van der Waals surface area contributed by atoms with Crippen molar-refractivity contribution in [3.63, 3.8) is 0 Å². The molecular formula is C13H14N3O+. The Kier molecular flexibility index (Phi) is 3.35. The molecule has 0 amide bonds. The van der Waals surface area contributed by atoms with E-state index in [1.54, 1.807) is 24.4 Å². The lowest BCUT2D eigenvalue weighted by Crippen LogP contribution is -2.25. The van der Waals surface area contributed by atoms with Crippen molar-refractivity contribution >= 4 is 11.9 Å². The third kappa shape index (κ3) is 3.04. The first-order chi connectivity index (χ1) is 8.25. The van der Waals surface area contributed by atoms with Crippen molar-refractivity contribution in [2.24, 2.45) is 12.1 Å². The molecule has 0 radical (unpaired) electrons. The van der Waals surface area contributed by atoms with Crippen molar-refractivity contribution < 1.29 is 9.67 Å². The third-order valence-electron chi connectivity index (χ3n) is 2.31. The molecule has 1 heterocycles. The van der Waals surface area contributed by atoms with Crippen LogP contribution >= 0.6 is 0 Å². The number of hydrogen-bond donors (Lipinski definition) is 2. The summed E-state index contributed by atoms with van der Waals surface area (Å²) in [4.78, 5) is 0. The van der Waals surface area contributed by atoms with Crippen LogP contribution in [0.15, 0.2) is 53.9 Å². The number of aromatic hydroxyl groups is 1. The Morgan fingerprint density at radius 2 is 1.88 bits per heavy atom. The van der Waals surface area contributed by atoms with Crippen LogP contribution in [-0.4, -0.2) is 11.3 Å². The van der Waals surface area contributed by atoms with Crippen LogP contribution in [-0.2, 0) is 7.05 Å². The molecule has 0 fully saturated rings. The van der Waals surface area contributed by atoms with E-state index in [-0.39, 0.29) is 5.75 Å². The first-order valence-electron chi connectivity index (χ1n) is 5.28. The van der Waals surface area contributed by atoms with Gasteiger partial charge in [-0.15, -0.1) is 0 Å². The van der Waals surface area contributed by atoms with Gasteiger partial charge in [0.1, 0.15) is 12.8 Å². The van der Waals surface area contributed by atoms with Gasteiger partial charge in [0.15, 0.2) is 12.4 Å². The zero-order valence-corrected chi connectivity index (χ0v) is 9.54. The van der Waals surface area contributed by atoms with Gasteiger partial charge in [-0.2, -0.15) is 5.10 Å². The predicted molar refractivity (Wildman–Crippen MR) is 66.9 cm³/mol. The molecule has 0 atom stereocenters. The van der Waals surface area contributed by atoms with Crippen LogP contribution in [0.25, 0.3) is 0 Å². The lowest BCUT2D eigenvalue weighted by atomic mass is 10.2. The normalized spacial score (nSPS) is 10.6. The number of para-hydroxylation sites is 1. The number of phenols is 1. The van der Waals surface area contributed by atoms with Crippen LogP contribution in [0.3, 0.4) is 0 Å². The highest BCUT2D eigenvalue weighted by Crippen LogP contribution is 2.12. The number of phenolic OH excluding ortho intramolecular Hbond substituents is 1. The Balaban J connectivity index is 2.03. The van der Waals surface area contributed by atoms with Crippen molar-refractivity contribution in [2.75, 3.05) is 5.43 Å². The summed E-state index contributed by atoms with van der Waals surface area (Å²) < 4.78 is 1.94. The fraction of sp³-hybridized carbons (Fsp3) is 0.0769. The monoisotopic (exact) mass is 228 g/mol.